The number of H-pyrrole nitrogens is 1. The molecule has 6 nitrogen and oxygen atoms in total. The van der Waals surface area contributed by atoms with E-state index in [1.54, 1.807) is 0 Å². The zero-order chi connectivity index (χ0) is 15.2. The standard InChI is InChI=1S/C15H27N5O/c1-4-8-20(13-6-5-7-16-9-13)10-14(21)17-15-11(2)18-19-12(15)3/h13,16H,4-10H2,1-3H3,(H,17,21)(H,18,19). The van der Waals surface area contributed by atoms with Gasteiger partial charge in [0.05, 0.1) is 23.6 Å². The number of carbonyl (C=O) groups excluding carboxylic acids is 1. The molecule has 0 spiro atoms. The van der Waals surface area contributed by atoms with Crippen molar-refractivity contribution in [3.63, 3.8) is 0 Å². The van der Waals surface area contributed by atoms with E-state index in [1.807, 2.05) is 13.8 Å². The largest absolute Gasteiger partial charge is 0.322 e. The molecular formula is C15H27N5O. The minimum Gasteiger partial charge on any atom is -0.322 e. The van der Waals surface area contributed by atoms with Crippen LogP contribution in [-0.2, 0) is 4.79 Å². The van der Waals surface area contributed by atoms with Crippen molar-refractivity contribution < 1.29 is 4.79 Å². The van der Waals surface area contributed by atoms with Crippen LogP contribution in [0.2, 0.25) is 0 Å². The summed E-state index contributed by atoms with van der Waals surface area (Å²) >= 11 is 0. The number of aryl methyl sites for hydroxylation is 2. The Morgan fingerprint density at radius 2 is 2.29 bits per heavy atom. The van der Waals surface area contributed by atoms with Gasteiger partial charge in [-0.15, -0.1) is 0 Å². The molecule has 1 atom stereocenters. The van der Waals surface area contributed by atoms with Gasteiger partial charge in [0.2, 0.25) is 5.91 Å². The van der Waals surface area contributed by atoms with Crippen molar-refractivity contribution in [3.05, 3.63) is 11.4 Å². The topological polar surface area (TPSA) is 73.0 Å². The Morgan fingerprint density at radius 1 is 1.48 bits per heavy atom. The van der Waals surface area contributed by atoms with Gasteiger partial charge in [0.25, 0.3) is 0 Å². The summed E-state index contributed by atoms with van der Waals surface area (Å²) in [5, 5.41) is 13.4. The molecule has 6 heteroatoms. The van der Waals surface area contributed by atoms with E-state index in [2.05, 4.69) is 32.7 Å². The fraction of sp³-hybridized carbons (Fsp3) is 0.733. The van der Waals surface area contributed by atoms with Crippen LogP contribution < -0.4 is 10.6 Å². The fourth-order valence-corrected chi connectivity index (χ4v) is 2.92. The zero-order valence-electron chi connectivity index (χ0n) is 13.3. The number of amides is 1. The monoisotopic (exact) mass is 293 g/mol. The molecule has 1 aliphatic rings. The third kappa shape index (κ3) is 4.28. The number of hydrogen-bond acceptors (Lipinski definition) is 4. The van der Waals surface area contributed by atoms with Crippen LogP contribution in [0.1, 0.15) is 37.6 Å². The molecule has 1 aromatic rings. The van der Waals surface area contributed by atoms with Gasteiger partial charge in [0.1, 0.15) is 0 Å². The van der Waals surface area contributed by atoms with Gasteiger partial charge in [0, 0.05) is 12.6 Å². The first-order chi connectivity index (χ1) is 10.1. The number of aromatic amines is 1. The smallest absolute Gasteiger partial charge is 0.238 e. The lowest BCUT2D eigenvalue weighted by Crippen LogP contribution is -2.48. The number of rotatable bonds is 6. The molecule has 0 aromatic carbocycles. The van der Waals surface area contributed by atoms with Crippen LogP contribution >= 0.6 is 0 Å². The number of anilines is 1. The number of nitrogens with zero attached hydrogens (tertiary/aromatic N) is 2. The van der Waals surface area contributed by atoms with Crippen LogP contribution in [0.4, 0.5) is 5.69 Å². The lowest BCUT2D eigenvalue weighted by molar-refractivity contribution is -0.118. The molecule has 1 amide bonds. The van der Waals surface area contributed by atoms with Gasteiger partial charge in [-0.05, 0) is 46.2 Å². The van der Waals surface area contributed by atoms with Crippen LogP contribution in [0.25, 0.3) is 0 Å². The molecule has 1 fully saturated rings. The SMILES string of the molecule is CCCN(CC(=O)Nc1c(C)n[nH]c1C)C1CCCNC1. The first-order valence-electron chi connectivity index (χ1n) is 7.88. The van der Waals surface area contributed by atoms with Gasteiger partial charge in [-0.25, -0.2) is 0 Å². The van der Waals surface area contributed by atoms with Gasteiger partial charge in [0.15, 0.2) is 0 Å². The van der Waals surface area contributed by atoms with E-state index in [-0.39, 0.29) is 5.91 Å². The summed E-state index contributed by atoms with van der Waals surface area (Å²) in [7, 11) is 0. The van der Waals surface area contributed by atoms with E-state index in [4.69, 9.17) is 0 Å². The summed E-state index contributed by atoms with van der Waals surface area (Å²) in [5.41, 5.74) is 2.56. The number of hydrogen-bond donors (Lipinski definition) is 3. The quantitative estimate of drug-likeness (QED) is 0.742. The highest BCUT2D eigenvalue weighted by Gasteiger charge is 2.22. The lowest BCUT2D eigenvalue weighted by Gasteiger charge is -2.34. The number of aromatic nitrogens is 2. The Kier molecular flexibility index (Phi) is 5.76. The van der Waals surface area contributed by atoms with Gasteiger partial charge in [-0.1, -0.05) is 6.92 Å². The summed E-state index contributed by atoms with van der Waals surface area (Å²) in [4.78, 5) is 14.6. The molecule has 1 unspecified atom stereocenters. The van der Waals surface area contributed by atoms with Crippen molar-refractivity contribution in [1.29, 1.82) is 0 Å². The van der Waals surface area contributed by atoms with E-state index in [0.717, 1.165) is 43.1 Å². The summed E-state index contributed by atoms with van der Waals surface area (Å²) in [6.45, 7) is 9.46. The van der Waals surface area contributed by atoms with Gasteiger partial charge < -0.3 is 10.6 Å². The third-order valence-electron chi connectivity index (χ3n) is 4.04. The molecule has 21 heavy (non-hydrogen) atoms. The maximum Gasteiger partial charge on any atom is 0.238 e. The average Bonchev–Trinajstić information content (AvgIpc) is 2.79. The lowest BCUT2D eigenvalue weighted by atomic mass is 10.1. The van der Waals surface area contributed by atoms with Gasteiger partial charge in [-0.2, -0.15) is 5.10 Å². The second-order valence-corrected chi connectivity index (χ2v) is 5.83. The maximum absolute atomic E-state index is 12.3. The molecule has 1 aromatic heterocycles. The van der Waals surface area contributed by atoms with Crippen molar-refractivity contribution >= 4 is 11.6 Å². The first-order valence-corrected chi connectivity index (χ1v) is 7.88. The molecule has 0 saturated carbocycles. The Labute approximate surface area is 126 Å². The summed E-state index contributed by atoms with van der Waals surface area (Å²) in [6.07, 6.45) is 3.42. The predicted molar refractivity (Wildman–Crippen MR) is 84.4 cm³/mol. The van der Waals surface area contributed by atoms with Crippen LogP contribution in [0, 0.1) is 13.8 Å². The molecule has 118 valence electrons. The van der Waals surface area contributed by atoms with Crippen molar-refractivity contribution in [2.24, 2.45) is 0 Å². The number of nitrogens with one attached hydrogen (secondary N) is 3. The fourth-order valence-electron chi connectivity index (χ4n) is 2.92. The first kappa shape index (κ1) is 16.0. The second-order valence-electron chi connectivity index (χ2n) is 5.83. The highest BCUT2D eigenvalue weighted by molar-refractivity contribution is 5.93. The van der Waals surface area contributed by atoms with E-state index >= 15 is 0 Å². The molecule has 3 N–H and O–H groups in total. The van der Waals surface area contributed by atoms with Crippen molar-refractivity contribution in [3.8, 4) is 0 Å². The number of carbonyl (C=O) groups is 1. The van der Waals surface area contributed by atoms with E-state index in [1.165, 1.54) is 12.8 Å². The minimum absolute atomic E-state index is 0.0432. The molecular weight excluding hydrogens is 266 g/mol. The van der Waals surface area contributed by atoms with Crippen molar-refractivity contribution in [2.75, 3.05) is 31.5 Å². The molecule has 1 aliphatic heterocycles. The maximum atomic E-state index is 12.3. The molecule has 0 bridgehead atoms. The Bertz CT molecular complexity index is 445. The summed E-state index contributed by atoms with van der Waals surface area (Å²) < 4.78 is 0. The average molecular weight is 293 g/mol. The Balaban J connectivity index is 1.94. The molecule has 2 rings (SSSR count). The van der Waals surface area contributed by atoms with E-state index < -0.39 is 0 Å². The minimum atomic E-state index is 0.0432. The molecule has 1 saturated heterocycles. The van der Waals surface area contributed by atoms with Crippen LogP contribution in [-0.4, -0.2) is 53.2 Å². The Morgan fingerprint density at radius 3 is 2.86 bits per heavy atom. The highest BCUT2D eigenvalue weighted by Crippen LogP contribution is 2.16. The van der Waals surface area contributed by atoms with Crippen LogP contribution in [0.15, 0.2) is 0 Å². The van der Waals surface area contributed by atoms with Crippen molar-refractivity contribution in [1.82, 2.24) is 20.4 Å². The molecule has 2 heterocycles. The van der Waals surface area contributed by atoms with E-state index in [9.17, 15) is 4.79 Å². The second kappa shape index (κ2) is 7.56. The van der Waals surface area contributed by atoms with Crippen LogP contribution in [0.3, 0.4) is 0 Å². The van der Waals surface area contributed by atoms with Crippen molar-refractivity contribution in [2.45, 2.75) is 46.1 Å². The molecule has 0 radical (unpaired) electrons. The summed E-state index contributed by atoms with van der Waals surface area (Å²) in [6, 6.07) is 0.469. The zero-order valence-corrected chi connectivity index (χ0v) is 13.3. The van der Waals surface area contributed by atoms with E-state index in [0.29, 0.717) is 12.6 Å². The normalized spacial score (nSPS) is 19.0. The Hall–Kier alpha value is -1.40. The molecule has 0 aliphatic carbocycles. The van der Waals surface area contributed by atoms with Gasteiger partial charge in [-0.3, -0.25) is 14.8 Å². The third-order valence-corrected chi connectivity index (χ3v) is 4.04. The van der Waals surface area contributed by atoms with Gasteiger partial charge >= 0.3 is 0 Å². The predicted octanol–water partition coefficient (Wildman–Crippen LogP) is 1.43. The summed E-state index contributed by atoms with van der Waals surface area (Å²) in [5.74, 6) is 0.0432. The highest BCUT2D eigenvalue weighted by atomic mass is 16.2. The number of piperidine rings is 1. The van der Waals surface area contributed by atoms with Crippen LogP contribution in [0.5, 0.6) is 0 Å².